The Morgan fingerprint density at radius 3 is 2.73 bits per heavy atom. The average Bonchev–Trinajstić information content (AvgIpc) is 3.05. The number of rotatable bonds is 6. The highest BCUT2D eigenvalue weighted by Gasteiger charge is 2.16. The van der Waals surface area contributed by atoms with Gasteiger partial charge in [-0.25, -0.2) is 9.59 Å². The molecule has 1 saturated heterocycles. The average molecular weight is 306 g/mol. The Balaban J connectivity index is 1.77. The lowest BCUT2D eigenvalue weighted by molar-refractivity contribution is 0.0505. The number of anilines is 1. The second-order valence-electron chi connectivity index (χ2n) is 5.28. The van der Waals surface area contributed by atoms with E-state index >= 15 is 0 Å². The molecular weight excluding hydrogens is 284 g/mol. The molecule has 1 aliphatic rings. The Morgan fingerprint density at radius 1 is 1.32 bits per heavy atom. The fraction of sp³-hybridized carbons (Fsp3) is 0.500. The molecule has 2 N–H and O–H groups in total. The van der Waals surface area contributed by atoms with E-state index in [1.54, 1.807) is 24.3 Å². The van der Waals surface area contributed by atoms with Gasteiger partial charge in [-0.15, -0.1) is 0 Å². The van der Waals surface area contributed by atoms with Gasteiger partial charge in [-0.3, -0.25) is 0 Å². The lowest BCUT2D eigenvalue weighted by Crippen LogP contribution is -2.33. The van der Waals surface area contributed by atoms with Crippen LogP contribution in [0.15, 0.2) is 24.3 Å². The van der Waals surface area contributed by atoms with Crippen LogP contribution >= 0.6 is 0 Å². The summed E-state index contributed by atoms with van der Waals surface area (Å²) in [4.78, 5) is 23.4. The zero-order chi connectivity index (χ0) is 15.8. The molecule has 1 aromatic rings. The molecule has 0 radical (unpaired) electrons. The van der Waals surface area contributed by atoms with E-state index in [9.17, 15) is 9.59 Å². The summed E-state index contributed by atoms with van der Waals surface area (Å²) in [5.74, 6) is 0.0422. The normalized spacial score (nSPS) is 17.0. The topological polar surface area (TPSA) is 76.7 Å². The molecule has 0 aromatic heterocycles. The summed E-state index contributed by atoms with van der Waals surface area (Å²) in [5.41, 5.74) is 1.11. The van der Waals surface area contributed by atoms with Crippen molar-refractivity contribution < 1.29 is 19.1 Å². The zero-order valence-corrected chi connectivity index (χ0v) is 12.8. The molecule has 6 nitrogen and oxygen atoms in total. The largest absolute Gasteiger partial charge is 0.462 e. The van der Waals surface area contributed by atoms with Crippen molar-refractivity contribution >= 4 is 17.7 Å². The molecule has 0 bridgehead atoms. The zero-order valence-electron chi connectivity index (χ0n) is 12.8. The van der Waals surface area contributed by atoms with E-state index in [0.29, 0.717) is 36.9 Å². The van der Waals surface area contributed by atoms with Gasteiger partial charge >= 0.3 is 12.0 Å². The first-order valence-electron chi connectivity index (χ1n) is 7.59. The van der Waals surface area contributed by atoms with E-state index in [1.165, 1.54) is 0 Å². The van der Waals surface area contributed by atoms with Crippen LogP contribution in [0.25, 0.3) is 0 Å². The molecule has 6 heteroatoms. The van der Waals surface area contributed by atoms with Crippen LogP contribution < -0.4 is 10.6 Å². The number of carbonyl (C=O) groups is 2. The van der Waals surface area contributed by atoms with Crippen LogP contribution in [-0.4, -0.2) is 38.4 Å². The van der Waals surface area contributed by atoms with Crippen molar-refractivity contribution in [2.24, 2.45) is 5.92 Å². The second kappa shape index (κ2) is 8.38. The quantitative estimate of drug-likeness (QED) is 0.791. The van der Waals surface area contributed by atoms with Crippen LogP contribution in [0.5, 0.6) is 0 Å². The van der Waals surface area contributed by atoms with Gasteiger partial charge in [0.15, 0.2) is 0 Å². The maximum Gasteiger partial charge on any atom is 0.338 e. The minimum atomic E-state index is -0.348. The summed E-state index contributed by atoms with van der Waals surface area (Å²) in [7, 11) is 0. The van der Waals surface area contributed by atoms with E-state index in [4.69, 9.17) is 9.47 Å². The van der Waals surface area contributed by atoms with Gasteiger partial charge in [-0.2, -0.15) is 0 Å². The lowest BCUT2D eigenvalue weighted by Gasteiger charge is -2.11. The first kappa shape index (κ1) is 16.3. The third kappa shape index (κ3) is 5.04. The van der Waals surface area contributed by atoms with Gasteiger partial charge in [-0.1, -0.05) is 6.92 Å². The van der Waals surface area contributed by atoms with Crippen LogP contribution in [0.4, 0.5) is 10.5 Å². The van der Waals surface area contributed by atoms with Crippen LogP contribution in [0.3, 0.4) is 0 Å². The number of ether oxygens (including phenoxy) is 2. The van der Waals surface area contributed by atoms with Crippen molar-refractivity contribution in [3.63, 3.8) is 0 Å². The van der Waals surface area contributed by atoms with E-state index < -0.39 is 0 Å². The Bertz CT molecular complexity index is 495. The monoisotopic (exact) mass is 306 g/mol. The van der Waals surface area contributed by atoms with Gasteiger partial charge in [0.1, 0.15) is 0 Å². The number of esters is 1. The third-order valence-corrected chi connectivity index (χ3v) is 3.39. The van der Waals surface area contributed by atoms with Crippen LogP contribution in [0.2, 0.25) is 0 Å². The number of hydrogen-bond donors (Lipinski definition) is 2. The van der Waals surface area contributed by atoms with E-state index in [-0.39, 0.29) is 12.0 Å². The first-order valence-corrected chi connectivity index (χ1v) is 7.59. The number of amides is 2. The number of benzene rings is 1. The number of urea groups is 1. The first-order chi connectivity index (χ1) is 10.7. The molecule has 120 valence electrons. The van der Waals surface area contributed by atoms with Gasteiger partial charge in [0, 0.05) is 24.8 Å². The maximum atomic E-state index is 11.8. The molecule has 0 unspecified atom stereocenters. The molecule has 1 aliphatic heterocycles. The molecule has 1 aromatic carbocycles. The molecular formula is C16H22N2O4. The summed E-state index contributed by atoms with van der Waals surface area (Å²) in [6, 6.07) is 6.38. The fourth-order valence-corrected chi connectivity index (χ4v) is 2.12. The molecule has 1 atom stereocenters. The van der Waals surface area contributed by atoms with Crippen molar-refractivity contribution in [2.45, 2.75) is 19.8 Å². The highest BCUT2D eigenvalue weighted by molar-refractivity contribution is 5.92. The van der Waals surface area contributed by atoms with Crippen molar-refractivity contribution in [1.29, 1.82) is 0 Å². The molecule has 2 amide bonds. The summed E-state index contributed by atoms with van der Waals surface area (Å²) < 4.78 is 10.3. The third-order valence-electron chi connectivity index (χ3n) is 3.39. The molecule has 0 aliphatic carbocycles. The molecule has 22 heavy (non-hydrogen) atoms. The summed E-state index contributed by atoms with van der Waals surface area (Å²) >= 11 is 0. The van der Waals surface area contributed by atoms with E-state index in [1.807, 2.05) is 6.92 Å². The number of carbonyl (C=O) groups excluding carboxylic acids is 2. The highest BCUT2D eigenvalue weighted by atomic mass is 16.5. The van der Waals surface area contributed by atoms with Gasteiger partial charge in [0.25, 0.3) is 0 Å². The Labute approximate surface area is 130 Å². The number of hydrogen-bond acceptors (Lipinski definition) is 4. The minimum absolute atomic E-state index is 0.256. The molecule has 1 heterocycles. The lowest BCUT2D eigenvalue weighted by atomic mass is 10.1. The molecule has 2 rings (SSSR count). The Morgan fingerprint density at radius 2 is 2.09 bits per heavy atom. The van der Waals surface area contributed by atoms with Crippen molar-refractivity contribution in [1.82, 2.24) is 5.32 Å². The molecule has 0 spiro atoms. The SMILES string of the molecule is CCCOC(=O)c1ccc(NC(=O)NC[C@H]2CCOC2)cc1. The van der Waals surface area contributed by atoms with Gasteiger partial charge in [-0.05, 0) is 37.1 Å². The molecule has 1 fully saturated rings. The fourth-order valence-electron chi connectivity index (χ4n) is 2.12. The van der Waals surface area contributed by atoms with Crippen LogP contribution in [-0.2, 0) is 9.47 Å². The van der Waals surface area contributed by atoms with Crippen molar-refractivity contribution in [3.05, 3.63) is 29.8 Å². The summed E-state index contributed by atoms with van der Waals surface area (Å²) in [5, 5.41) is 5.55. The predicted octanol–water partition coefficient (Wildman–Crippen LogP) is 2.41. The molecule has 0 saturated carbocycles. The van der Waals surface area contributed by atoms with Crippen LogP contribution in [0.1, 0.15) is 30.1 Å². The van der Waals surface area contributed by atoms with Gasteiger partial charge < -0.3 is 20.1 Å². The number of nitrogens with one attached hydrogen (secondary N) is 2. The Kier molecular flexibility index (Phi) is 6.21. The highest BCUT2D eigenvalue weighted by Crippen LogP contribution is 2.12. The minimum Gasteiger partial charge on any atom is -0.462 e. The van der Waals surface area contributed by atoms with Crippen molar-refractivity contribution in [3.8, 4) is 0 Å². The predicted molar refractivity (Wildman–Crippen MR) is 83.0 cm³/mol. The maximum absolute atomic E-state index is 11.8. The van der Waals surface area contributed by atoms with Gasteiger partial charge in [0.05, 0.1) is 18.8 Å². The summed E-state index contributed by atoms with van der Waals surface area (Å²) in [6.45, 7) is 4.43. The van der Waals surface area contributed by atoms with Crippen molar-refractivity contribution in [2.75, 3.05) is 31.7 Å². The smallest absolute Gasteiger partial charge is 0.338 e. The van der Waals surface area contributed by atoms with Crippen LogP contribution in [0, 0.1) is 5.92 Å². The Hall–Kier alpha value is -2.08. The second-order valence-corrected chi connectivity index (χ2v) is 5.28. The summed E-state index contributed by atoms with van der Waals surface area (Å²) in [6.07, 6.45) is 1.77. The standard InChI is InChI=1S/C16H22N2O4/c1-2-8-22-15(19)13-3-5-14(6-4-13)18-16(20)17-10-12-7-9-21-11-12/h3-6,12H,2,7-11H2,1H3,(H2,17,18,20)/t12-/m1/s1. The van der Waals surface area contributed by atoms with E-state index in [0.717, 1.165) is 19.4 Å². The van der Waals surface area contributed by atoms with E-state index in [2.05, 4.69) is 10.6 Å². The van der Waals surface area contributed by atoms with Gasteiger partial charge in [0.2, 0.25) is 0 Å².